The van der Waals surface area contributed by atoms with E-state index < -0.39 is 15.3 Å². The summed E-state index contributed by atoms with van der Waals surface area (Å²) in [7, 11) is 0.0183. The first-order valence-corrected chi connectivity index (χ1v) is 7.30. The molecule has 0 aliphatic rings. The van der Waals surface area contributed by atoms with Crippen molar-refractivity contribution in [1.82, 2.24) is 10.0 Å². The number of hydrogen-bond acceptors (Lipinski definition) is 4. The Bertz CT molecular complexity index is 474. The fraction of sp³-hybridized carbons (Fsp3) is 0.500. The number of methoxy groups -OCH3 is 1. The van der Waals surface area contributed by atoms with Crippen molar-refractivity contribution < 1.29 is 13.2 Å². The van der Waals surface area contributed by atoms with Crippen molar-refractivity contribution in [3.63, 3.8) is 0 Å². The van der Waals surface area contributed by atoms with Gasteiger partial charge in [0.05, 0.1) is 12.4 Å². The van der Waals surface area contributed by atoms with Crippen LogP contribution in [0.4, 0.5) is 0 Å². The molecule has 5 nitrogen and oxygen atoms in total. The summed E-state index contributed by atoms with van der Waals surface area (Å²) in [4.78, 5) is 0. The van der Waals surface area contributed by atoms with Gasteiger partial charge in [-0.25, -0.2) is 13.1 Å². The van der Waals surface area contributed by atoms with Gasteiger partial charge in [-0.15, -0.1) is 0 Å². The molecule has 0 heterocycles. The van der Waals surface area contributed by atoms with Crippen molar-refractivity contribution in [3.05, 3.63) is 29.8 Å². The van der Waals surface area contributed by atoms with Crippen LogP contribution in [-0.4, -0.2) is 34.4 Å². The van der Waals surface area contributed by atoms with Crippen LogP contribution in [0, 0.1) is 0 Å². The van der Waals surface area contributed by atoms with E-state index in [-0.39, 0.29) is 6.54 Å². The second-order valence-corrected chi connectivity index (χ2v) is 6.27. The maximum atomic E-state index is 11.9. The Kier molecular flexibility index (Phi) is 5.58. The third-order valence-electron chi connectivity index (χ3n) is 2.63. The normalized spacial score (nSPS) is 13.3. The van der Waals surface area contributed by atoms with Crippen LogP contribution in [-0.2, 0) is 16.6 Å². The van der Waals surface area contributed by atoms with E-state index in [1.807, 2.05) is 24.3 Å². The predicted octanol–water partition coefficient (Wildman–Crippen LogP) is 0.723. The van der Waals surface area contributed by atoms with Crippen LogP contribution in [0.3, 0.4) is 0 Å². The molecule has 1 unspecified atom stereocenters. The van der Waals surface area contributed by atoms with Crippen molar-refractivity contribution in [3.8, 4) is 5.75 Å². The molecule has 0 bridgehead atoms. The molecule has 1 rings (SSSR count). The quantitative estimate of drug-likeness (QED) is 0.767. The summed E-state index contributed by atoms with van der Waals surface area (Å²) in [6.45, 7) is 2.37. The lowest BCUT2D eigenvalue weighted by atomic mass is 10.2. The Morgan fingerprint density at radius 1 is 1.39 bits per heavy atom. The van der Waals surface area contributed by atoms with Gasteiger partial charge in [-0.3, -0.25) is 0 Å². The summed E-state index contributed by atoms with van der Waals surface area (Å²) in [6, 6.07) is 7.32. The summed E-state index contributed by atoms with van der Waals surface area (Å²) in [6.07, 6.45) is 0. The lowest BCUT2D eigenvalue weighted by Crippen LogP contribution is -2.37. The summed E-state index contributed by atoms with van der Waals surface area (Å²) in [5.41, 5.74) is 0.870. The number of benzene rings is 1. The lowest BCUT2D eigenvalue weighted by molar-refractivity contribution is 0.414. The average Bonchev–Trinajstić information content (AvgIpc) is 2.37. The van der Waals surface area contributed by atoms with Crippen molar-refractivity contribution >= 4 is 10.0 Å². The van der Waals surface area contributed by atoms with Crippen LogP contribution in [0.25, 0.3) is 0 Å². The first-order chi connectivity index (χ1) is 8.49. The van der Waals surface area contributed by atoms with Gasteiger partial charge in [-0.1, -0.05) is 12.1 Å². The van der Waals surface area contributed by atoms with Crippen molar-refractivity contribution in [2.75, 3.05) is 20.7 Å². The molecule has 0 saturated carbocycles. The molecule has 0 spiro atoms. The maximum absolute atomic E-state index is 11.9. The van der Waals surface area contributed by atoms with Gasteiger partial charge >= 0.3 is 0 Å². The Hall–Kier alpha value is -1.11. The summed E-state index contributed by atoms with van der Waals surface area (Å²) >= 11 is 0. The molecule has 0 amide bonds. The number of hydrogen-bond donors (Lipinski definition) is 2. The highest BCUT2D eigenvalue weighted by molar-refractivity contribution is 7.90. The SMILES string of the molecule is CNCC(C)S(=O)(=O)NCc1cccc(OC)c1. The van der Waals surface area contributed by atoms with Gasteiger partial charge in [0, 0.05) is 13.1 Å². The molecule has 0 aliphatic carbocycles. The van der Waals surface area contributed by atoms with Gasteiger partial charge in [-0.05, 0) is 31.7 Å². The molecular formula is C12H20N2O3S. The Labute approximate surface area is 109 Å². The lowest BCUT2D eigenvalue weighted by Gasteiger charge is -2.13. The van der Waals surface area contributed by atoms with Gasteiger partial charge in [0.15, 0.2) is 0 Å². The third kappa shape index (κ3) is 4.29. The van der Waals surface area contributed by atoms with Gasteiger partial charge in [0.1, 0.15) is 5.75 Å². The monoisotopic (exact) mass is 272 g/mol. The Morgan fingerprint density at radius 3 is 2.72 bits per heavy atom. The van der Waals surface area contributed by atoms with Crippen molar-refractivity contribution in [1.29, 1.82) is 0 Å². The predicted molar refractivity (Wildman–Crippen MR) is 72.1 cm³/mol. The van der Waals surface area contributed by atoms with Crippen LogP contribution < -0.4 is 14.8 Å². The second kappa shape index (κ2) is 6.72. The Balaban J connectivity index is 2.64. The van der Waals surface area contributed by atoms with Gasteiger partial charge in [0.25, 0.3) is 0 Å². The molecule has 0 aliphatic heterocycles. The van der Waals surface area contributed by atoms with Crippen LogP contribution in [0.15, 0.2) is 24.3 Å². The zero-order valence-corrected chi connectivity index (χ0v) is 11.8. The summed E-state index contributed by atoms with van der Waals surface area (Å²) < 4.78 is 31.4. The van der Waals surface area contributed by atoms with E-state index in [4.69, 9.17) is 4.74 Å². The molecule has 6 heteroatoms. The molecule has 1 atom stereocenters. The zero-order chi connectivity index (χ0) is 13.6. The number of nitrogens with one attached hydrogen (secondary N) is 2. The Morgan fingerprint density at radius 2 is 2.11 bits per heavy atom. The van der Waals surface area contributed by atoms with E-state index in [2.05, 4.69) is 10.0 Å². The standard InChI is InChI=1S/C12H20N2O3S/c1-10(8-13-2)18(15,16)14-9-11-5-4-6-12(7-11)17-3/h4-7,10,13-14H,8-9H2,1-3H3. The van der Waals surface area contributed by atoms with E-state index in [1.54, 1.807) is 21.1 Å². The molecule has 18 heavy (non-hydrogen) atoms. The second-order valence-electron chi connectivity index (χ2n) is 4.09. The van der Waals surface area contributed by atoms with E-state index in [9.17, 15) is 8.42 Å². The summed E-state index contributed by atoms with van der Waals surface area (Å²) in [5.74, 6) is 0.718. The van der Waals surface area contributed by atoms with Crippen LogP contribution >= 0.6 is 0 Å². The van der Waals surface area contributed by atoms with Gasteiger partial charge in [0.2, 0.25) is 10.0 Å². The highest BCUT2D eigenvalue weighted by Gasteiger charge is 2.19. The average molecular weight is 272 g/mol. The first-order valence-electron chi connectivity index (χ1n) is 5.75. The largest absolute Gasteiger partial charge is 0.497 e. The molecule has 2 N–H and O–H groups in total. The smallest absolute Gasteiger partial charge is 0.215 e. The topological polar surface area (TPSA) is 67.4 Å². The van der Waals surface area contributed by atoms with Crippen LogP contribution in [0.5, 0.6) is 5.75 Å². The molecule has 0 radical (unpaired) electrons. The molecule has 1 aromatic rings. The van der Waals surface area contributed by atoms with Crippen LogP contribution in [0.1, 0.15) is 12.5 Å². The number of sulfonamides is 1. The van der Waals surface area contributed by atoms with E-state index in [0.717, 1.165) is 11.3 Å². The maximum Gasteiger partial charge on any atom is 0.215 e. The summed E-state index contributed by atoms with van der Waals surface area (Å²) in [5, 5.41) is 2.39. The molecule has 102 valence electrons. The highest BCUT2D eigenvalue weighted by Crippen LogP contribution is 2.12. The fourth-order valence-electron chi connectivity index (χ4n) is 1.51. The highest BCUT2D eigenvalue weighted by atomic mass is 32.2. The number of ether oxygens (including phenoxy) is 1. The minimum absolute atomic E-state index is 0.271. The molecule has 0 fully saturated rings. The van der Waals surface area contributed by atoms with Crippen molar-refractivity contribution in [2.24, 2.45) is 0 Å². The van der Waals surface area contributed by atoms with E-state index in [0.29, 0.717) is 6.54 Å². The molecule has 0 saturated heterocycles. The minimum Gasteiger partial charge on any atom is -0.497 e. The fourth-order valence-corrected chi connectivity index (χ4v) is 2.54. The van der Waals surface area contributed by atoms with Crippen molar-refractivity contribution in [2.45, 2.75) is 18.7 Å². The van der Waals surface area contributed by atoms with E-state index >= 15 is 0 Å². The van der Waals surface area contributed by atoms with E-state index in [1.165, 1.54) is 0 Å². The third-order valence-corrected chi connectivity index (χ3v) is 4.41. The first kappa shape index (κ1) is 14.9. The van der Waals surface area contributed by atoms with Gasteiger partial charge < -0.3 is 10.1 Å². The zero-order valence-electron chi connectivity index (χ0n) is 10.9. The molecule has 1 aromatic carbocycles. The molecule has 0 aromatic heterocycles. The van der Waals surface area contributed by atoms with Gasteiger partial charge in [-0.2, -0.15) is 0 Å². The minimum atomic E-state index is -3.29. The number of rotatable bonds is 7. The van der Waals surface area contributed by atoms with Crippen LogP contribution in [0.2, 0.25) is 0 Å². The molecular weight excluding hydrogens is 252 g/mol.